The molecule has 0 amide bonds. The quantitative estimate of drug-likeness (QED) is 0.430. The van der Waals surface area contributed by atoms with E-state index in [4.69, 9.17) is 11.6 Å². The molecule has 4 N–H and O–H groups in total. The standard InChI is InChI=1S/C21H34N4/c1-17(22)14-20(24(6)15-19-10-8-7-9-11-19)13-12-18(2)25(23)16-21(3,4)5/h7-14,18H,1,15-16,22-23H2,2-6H3/b13-12-,20-14+. The van der Waals surface area contributed by atoms with Crippen molar-refractivity contribution < 1.29 is 0 Å². The molecule has 1 unspecified atom stereocenters. The van der Waals surface area contributed by atoms with Crippen LogP contribution >= 0.6 is 0 Å². The summed E-state index contributed by atoms with van der Waals surface area (Å²) >= 11 is 0. The number of hydrogen-bond acceptors (Lipinski definition) is 4. The zero-order chi connectivity index (χ0) is 19.0. The molecule has 0 saturated heterocycles. The lowest BCUT2D eigenvalue weighted by atomic mass is 9.96. The first kappa shape index (κ1) is 21.0. The highest BCUT2D eigenvalue weighted by Gasteiger charge is 2.16. The highest BCUT2D eigenvalue weighted by molar-refractivity contribution is 5.27. The summed E-state index contributed by atoms with van der Waals surface area (Å²) in [5, 5.41) is 1.86. The second kappa shape index (κ2) is 9.44. The second-order valence-corrected chi connectivity index (χ2v) is 7.82. The summed E-state index contributed by atoms with van der Waals surface area (Å²) in [6.07, 6.45) is 6.05. The molecule has 4 heteroatoms. The Hall–Kier alpha value is -2.04. The van der Waals surface area contributed by atoms with Crippen molar-refractivity contribution >= 4 is 0 Å². The molecular weight excluding hydrogens is 308 g/mol. The fourth-order valence-electron chi connectivity index (χ4n) is 2.46. The van der Waals surface area contributed by atoms with Gasteiger partial charge in [0.2, 0.25) is 0 Å². The van der Waals surface area contributed by atoms with Gasteiger partial charge in [-0.25, -0.2) is 5.01 Å². The monoisotopic (exact) mass is 342 g/mol. The first-order valence-corrected chi connectivity index (χ1v) is 8.69. The summed E-state index contributed by atoms with van der Waals surface area (Å²) < 4.78 is 0. The van der Waals surface area contributed by atoms with Crippen molar-refractivity contribution in [1.29, 1.82) is 0 Å². The maximum absolute atomic E-state index is 6.20. The number of hydrazine groups is 1. The van der Waals surface area contributed by atoms with Gasteiger partial charge in [0.1, 0.15) is 0 Å². The van der Waals surface area contributed by atoms with E-state index in [9.17, 15) is 0 Å². The molecule has 0 aliphatic rings. The van der Waals surface area contributed by atoms with Gasteiger partial charge in [0.05, 0.1) is 0 Å². The number of benzene rings is 1. The van der Waals surface area contributed by atoms with E-state index >= 15 is 0 Å². The van der Waals surface area contributed by atoms with E-state index in [1.165, 1.54) is 5.56 Å². The molecule has 138 valence electrons. The number of rotatable bonds is 8. The predicted molar refractivity (Wildman–Crippen MR) is 108 cm³/mol. The van der Waals surface area contributed by atoms with Gasteiger partial charge in [0.15, 0.2) is 0 Å². The summed E-state index contributed by atoms with van der Waals surface area (Å²) in [6.45, 7) is 14.1. The van der Waals surface area contributed by atoms with Crippen molar-refractivity contribution in [3.05, 3.63) is 72.1 Å². The van der Waals surface area contributed by atoms with Crippen molar-refractivity contribution in [1.82, 2.24) is 9.91 Å². The van der Waals surface area contributed by atoms with E-state index in [2.05, 4.69) is 63.5 Å². The molecule has 0 aromatic heterocycles. The van der Waals surface area contributed by atoms with Gasteiger partial charge in [-0.2, -0.15) is 0 Å². The molecule has 4 nitrogen and oxygen atoms in total. The molecule has 0 radical (unpaired) electrons. The Morgan fingerprint density at radius 3 is 2.36 bits per heavy atom. The number of likely N-dealkylation sites (N-methyl/N-ethyl adjacent to an activating group) is 1. The molecule has 0 spiro atoms. The Bertz CT molecular complexity index is 596. The minimum absolute atomic E-state index is 0.124. The van der Waals surface area contributed by atoms with Crippen LogP contribution in [0.15, 0.2) is 66.5 Å². The summed E-state index contributed by atoms with van der Waals surface area (Å²) in [6, 6.07) is 10.5. The van der Waals surface area contributed by atoms with Crippen molar-refractivity contribution in [2.24, 2.45) is 17.0 Å². The molecule has 1 aromatic carbocycles. The van der Waals surface area contributed by atoms with Gasteiger partial charge >= 0.3 is 0 Å². The van der Waals surface area contributed by atoms with Crippen LogP contribution in [-0.2, 0) is 6.54 Å². The van der Waals surface area contributed by atoms with E-state index in [0.29, 0.717) is 5.70 Å². The highest BCUT2D eigenvalue weighted by atomic mass is 15.4. The lowest BCUT2D eigenvalue weighted by Gasteiger charge is -2.29. The Kier molecular flexibility index (Phi) is 7.94. The van der Waals surface area contributed by atoms with Crippen LogP contribution < -0.4 is 11.6 Å². The van der Waals surface area contributed by atoms with Crippen LogP contribution in [0.1, 0.15) is 33.3 Å². The summed E-state index contributed by atoms with van der Waals surface area (Å²) in [5.41, 5.74) is 8.75. The SMILES string of the molecule is C=C(N)/C=C(\C=C/C(C)N(N)CC(C)(C)C)N(C)Cc1ccccc1. The predicted octanol–water partition coefficient (Wildman–Crippen LogP) is 3.64. The largest absolute Gasteiger partial charge is 0.399 e. The first-order chi connectivity index (χ1) is 11.6. The second-order valence-electron chi connectivity index (χ2n) is 7.82. The van der Waals surface area contributed by atoms with Gasteiger partial charge in [0, 0.05) is 37.6 Å². The van der Waals surface area contributed by atoms with E-state index in [1.54, 1.807) is 0 Å². The van der Waals surface area contributed by atoms with Gasteiger partial charge in [0.25, 0.3) is 0 Å². The maximum atomic E-state index is 6.20. The third kappa shape index (κ3) is 8.57. The van der Waals surface area contributed by atoms with Crippen LogP contribution in [0.4, 0.5) is 0 Å². The highest BCUT2D eigenvalue weighted by Crippen LogP contribution is 2.16. The Morgan fingerprint density at radius 2 is 1.84 bits per heavy atom. The van der Waals surface area contributed by atoms with Crippen LogP contribution in [0, 0.1) is 5.41 Å². The molecule has 1 atom stereocenters. The third-order valence-electron chi connectivity index (χ3n) is 3.76. The summed E-state index contributed by atoms with van der Waals surface area (Å²) in [7, 11) is 2.05. The van der Waals surface area contributed by atoms with Crippen molar-refractivity contribution in [3.8, 4) is 0 Å². The van der Waals surface area contributed by atoms with Crippen molar-refractivity contribution in [2.75, 3.05) is 13.6 Å². The Morgan fingerprint density at radius 1 is 1.24 bits per heavy atom. The van der Waals surface area contributed by atoms with Crippen LogP contribution in [-0.4, -0.2) is 29.5 Å². The zero-order valence-electron chi connectivity index (χ0n) is 16.4. The van der Waals surface area contributed by atoms with Crippen LogP contribution in [0.5, 0.6) is 0 Å². The lowest BCUT2D eigenvalue weighted by Crippen LogP contribution is -2.43. The lowest BCUT2D eigenvalue weighted by molar-refractivity contribution is 0.171. The van der Waals surface area contributed by atoms with Gasteiger partial charge in [-0.1, -0.05) is 63.8 Å². The van der Waals surface area contributed by atoms with Gasteiger partial charge in [-0.3, -0.25) is 5.84 Å². The third-order valence-corrected chi connectivity index (χ3v) is 3.76. The summed E-state index contributed by atoms with van der Waals surface area (Å²) in [4.78, 5) is 2.15. The van der Waals surface area contributed by atoms with Gasteiger partial charge < -0.3 is 10.6 Å². The molecule has 25 heavy (non-hydrogen) atoms. The first-order valence-electron chi connectivity index (χ1n) is 8.69. The van der Waals surface area contributed by atoms with E-state index in [0.717, 1.165) is 18.8 Å². The van der Waals surface area contributed by atoms with E-state index < -0.39 is 0 Å². The molecule has 0 aliphatic carbocycles. The maximum Gasteiger partial charge on any atom is 0.0426 e. The normalized spacial score (nSPS) is 14.1. The Labute approximate surface area is 153 Å². The van der Waals surface area contributed by atoms with Crippen LogP contribution in [0.3, 0.4) is 0 Å². The fourth-order valence-corrected chi connectivity index (χ4v) is 2.46. The van der Waals surface area contributed by atoms with E-state index in [-0.39, 0.29) is 11.5 Å². The minimum atomic E-state index is 0.124. The zero-order valence-corrected chi connectivity index (χ0v) is 16.4. The number of hydrogen-bond donors (Lipinski definition) is 2. The minimum Gasteiger partial charge on any atom is -0.399 e. The smallest absolute Gasteiger partial charge is 0.0426 e. The average molecular weight is 343 g/mol. The molecule has 0 bridgehead atoms. The number of allylic oxidation sites excluding steroid dienone is 2. The number of nitrogens with two attached hydrogens (primary N) is 2. The fraction of sp³-hybridized carbons (Fsp3) is 0.429. The molecule has 0 aliphatic heterocycles. The molecule has 0 saturated carbocycles. The van der Waals surface area contributed by atoms with Gasteiger partial charge in [-0.15, -0.1) is 0 Å². The molecule has 0 heterocycles. The van der Waals surface area contributed by atoms with Crippen LogP contribution in [0.2, 0.25) is 0 Å². The molecule has 0 fully saturated rings. The molecule has 1 aromatic rings. The number of nitrogens with zero attached hydrogens (tertiary/aromatic N) is 2. The Balaban J connectivity index is 2.83. The van der Waals surface area contributed by atoms with Gasteiger partial charge in [-0.05, 0) is 30.1 Å². The average Bonchev–Trinajstić information content (AvgIpc) is 2.49. The molecular formula is C21H34N4. The van der Waals surface area contributed by atoms with Crippen LogP contribution in [0.25, 0.3) is 0 Å². The van der Waals surface area contributed by atoms with E-state index in [1.807, 2.05) is 36.3 Å². The summed E-state index contributed by atoms with van der Waals surface area (Å²) in [5.74, 6) is 6.20. The van der Waals surface area contributed by atoms with Crippen molar-refractivity contribution in [2.45, 2.75) is 40.3 Å². The molecule has 1 rings (SSSR count). The van der Waals surface area contributed by atoms with Crippen molar-refractivity contribution in [3.63, 3.8) is 0 Å². The topological polar surface area (TPSA) is 58.5 Å².